The van der Waals surface area contributed by atoms with Gasteiger partial charge in [0.15, 0.2) is 0 Å². The monoisotopic (exact) mass is 415 g/mol. The number of hydrogen-bond donors (Lipinski definition) is 0. The predicted molar refractivity (Wildman–Crippen MR) is 121 cm³/mol. The van der Waals surface area contributed by atoms with E-state index in [-0.39, 0.29) is 22.6 Å². The molecule has 1 heterocycles. The number of amides is 1. The van der Waals surface area contributed by atoms with Crippen LogP contribution < -0.4 is 4.90 Å². The molecule has 3 aromatic rings. The molecular formula is C25H25N3O3. The van der Waals surface area contributed by atoms with Gasteiger partial charge in [-0.15, -0.1) is 0 Å². The first-order valence-electron chi connectivity index (χ1n) is 10.5. The number of benzene rings is 3. The van der Waals surface area contributed by atoms with Gasteiger partial charge in [0.2, 0.25) is 0 Å². The number of anilines is 1. The van der Waals surface area contributed by atoms with Crippen molar-refractivity contribution in [3.05, 3.63) is 106 Å². The number of likely N-dealkylation sites (tertiary alicyclic amines) is 1. The molecule has 0 atom stereocenters. The minimum absolute atomic E-state index is 0.00365. The normalized spacial score (nSPS) is 14.8. The second kappa shape index (κ2) is 9.53. The fraction of sp³-hybridized carbons (Fsp3) is 0.240. The summed E-state index contributed by atoms with van der Waals surface area (Å²) < 4.78 is 0. The first kappa shape index (κ1) is 20.8. The van der Waals surface area contributed by atoms with Crippen molar-refractivity contribution in [3.63, 3.8) is 0 Å². The SMILES string of the molecule is O=C(c1ccccc1)N(c1ccccc1)C1CCN(Cc2ccccc2[N+](=O)[O-])CC1. The number of nitrogens with zero attached hydrogens (tertiary/aromatic N) is 3. The van der Waals surface area contributed by atoms with Gasteiger partial charge in [-0.25, -0.2) is 0 Å². The molecule has 0 unspecified atom stereocenters. The van der Waals surface area contributed by atoms with Crippen molar-refractivity contribution >= 4 is 17.3 Å². The second-order valence-corrected chi connectivity index (χ2v) is 7.77. The zero-order valence-electron chi connectivity index (χ0n) is 17.3. The van der Waals surface area contributed by atoms with E-state index in [1.54, 1.807) is 12.1 Å². The van der Waals surface area contributed by atoms with Crippen molar-refractivity contribution in [2.75, 3.05) is 18.0 Å². The van der Waals surface area contributed by atoms with Gasteiger partial charge in [-0.2, -0.15) is 0 Å². The summed E-state index contributed by atoms with van der Waals surface area (Å²) in [4.78, 5) is 28.5. The molecule has 1 fully saturated rings. The van der Waals surface area contributed by atoms with Gasteiger partial charge in [0.25, 0.3) is 11.6 Å². The molecule has 1 amide bonds. The van der Waals surface area contributed by atoms with E-state index in [1.165, 1.54) is 0 Å². The summed E-state index contributed by atoms with van der Waals surface area (Å²) >= 11 is 0. The Bertz CT molecular complexity index is 1030. The summed E-state index contributed by atoms with van der Waals surface area (Å²) in [5.41, 5.74) is 2.46. The van der Waals surface area contributed by atoms with Gasteiger partial charge in [0.05, 0.1) is 4.92 Å². The first-order valence-corrected chi connectivity index (χ1v) is 10.5. The fourth-order valence-electron chi connectivity index (χ4n) is 4.20. The molecule has 0 radical (unpaired) electrons. The molecule has 158 valence electrons. The molecule has 0 aromatic heterocycles. The average Bonchev–Trinajstić information content (AvgIpc) is 2.82. The maximum Gasteiger partial charge on any atom is 0.273 e. The largest absolute Gasteiger partial charge is 0.305 e. The molecule has 4 rings (SSSR count). The third kappa shape index (κ3) is 4.81. The van der Waals surface area contributed by atoms with Crippen LogP contribution in [0.1, 0.15) is 28.8 Å². The minimum atomic E-state index is -0.322. The average molecular weight is 415 g/mol. The molecule has 6 nitrogen and oxygen atoms in total. The van der Waals surface area contributed by atoms with Crippen LogP contribution in [0.15, 0.2) is 84.9 Å². The van der Waals surface area contributed by atoms with Crippen LogP contribution in [-0.4, -0.2) is 34.9 Å². The van der Waals surface area contributed by atoms with E-state index in [0.717, 1.165) is 37.2 Å². The number of nitro groups is 1. The van der Waals surface area contributed by atoms with E-state index in [1.807, 2.05) is 77.7 Å². The lowest BCUT2D eigenvalue weighted by Crippen LogP contribution is -2.47. The van der Waals surface area contributed by atoms with E-state index in [2.05, 4.69) is 4.90 Å². The minimum Gasteiger partial charge on any atom is -0.305 e. The van der Waals surface area contributed by atoms with Crippen molar-refractivity contribution in [3.8, 4) is 0 Å². The quantitative estimate of drug-likeness (QED) is 0.424. The lowest BCUT2D eigenvalue weighted by Gasteiger charge is -2.38. The third-order valence-electron chi connectivity index (χ3n) is 5.78. The van der Waals surface area contributed by atoms with Crippen molar-refractivity contribution < 1.29 is 9.72 Å². The lowest BCUT2D eigenvalue weighted by atomic mass is 10.00. The van der Waals surface area contributed by atoms with Gasteiger partial charge in [0.1, 0.15) is 0 Å². The Labute approximate surface area is 181 Å². The lowest BCUT2D eigenvalue weighted by molar-refractivity contribution is -0.385. The highest BCUT2D eigenvalue weighted by molar-refractivity contribution is 6.06. The Hall–Kier alpha value is -3.51. The van der Waals surface area contributed by atoms with Gasteiger partial charge in [0, 0.05) is 48.6 Å². The van der Waals surface area contributed by atoms with Crippen molar-refractivity contribution in [1.29, 1.82) is 0 Å². The van der Waals surface area contributed by atoms with Crippen LogP contribution in [0.25, 0.3) is 0 Å². The highest BCUT2D eigenvalue weighted by atomic mass is 16.6. The van der Waals surface area contributed by atoms with Crippen LogP contribution in [-0.2, 0) is 6.54 Å². The Morgan fingerprint density at radius 2 is 1.48 bits per heavy atom. The number of rotatable bonds is 6. The molecule has 0 aliphatic carbocycles. The fourth-order valence-corrected chi connectivity index (χ4v) is 4.20. The van der Waals surface area contributed by atoms with E-state index in [9.17, 15) is 14.9 Å². The Balaban J connectivity index is 1.49. The predicted octanol–water partition coefficient (Wildman–Crippen LogP) is 4.91. The van der Waals surface area contributed by atoms with E-state index < -0.39 is 0 Å². The maximum absolute atomic E-state index is 13.4. The summed E-state index contributed by atoms with van der Waals surface area (Å²) in [6.07, 6.45) is 1.63. The van der Waals surface area contributed by atoms with Crippen LogP contribution in [0.3, 0.4) is 0 Å². The number of nitro benzene ring substituents is 1. The Kier molecular flexibility index (Phi) is 6.38. The van der Waals surface area contributed by atoms with E-state index in [0.29, 0.717) is 12.1 Å². The number of piperidine rings is 1. The zero-order chi connectivity index (χ0) is 21.6. The van der Waals surface area contributed by atoms with Gasteiger partial charge in [-0.05, 0) is 37.1 Å². The van der Waals surface area contributed by atoms with Crippen LogP contribution in [0, 0.1) is 10.1 Å². The summed E-state index contributed by atoms with van der Waals surface area (Å²) in [5, 5.41) is 11.3. The topological polar surface area (TPSA) is 66.7 Å². The molecule has 0 bridgehead atoms. The molecular weight excluding hydrogens is 390 g/mol. The number of carbonyl (C=O) groups is 1. The van der Waals surface area contributed by atoms with Crippen molar-refractivity contribution in [2.24, 2.45) is 0 Å². The van der Waals surface area contributed by atoms with Gasteiger partial charge < -0.3 is 4.90 Å². The van der Waals surface area contributed by atoms with Gasteiger partial charge in [-0.3, -0.25) is 19.8 Å². The Morgan fingerprint density at radius 1 is 0.903 bits per heavy atom. The van der Waals surface area contributed by atoms with Gasteiger partial charge in [-0.1, -0.05) is 54.6 Å². The van der Waals surface area contributed by atoms with Crippen LogP contribution in [0.4, 0.5) is 11.4 Å². The smallest absolute Gasteiger partial charge is 0.273 e. The molecule has 0 spiro atoms. The van der Waals surface area contributed by atoms with Crippen LogP contribution >= 0.6 is 0 Å². The van der Waals surface area contributed by atoms with Crippen LogP contribution in [0.2, 0.25) is 0 Å². The standard InChI is InChI=1S/C25H25N3O3/c29-25(20-9-3-1-4-10-20)27(22-12-5-2-6-13-22)23-15-17-26(18-16-23)19-21-11-7-8-14-24(21)28(30)31/h1-14,23H,15-19H2. The van der Waals surface area contributed by atoms with E-state index >= 15 is 0 Å². The molecule has 0 saturated carbocycles. The second-order valence-electron chi connectivity index (χ2n) is 7.77. The molecule has 0 N–H and O–H groups in total. The van der Waals surface area contributed by atoms with Gasteiger partial charge >= 0.3 is 0 Å². The highest BCUT2D eigenvalue weighted by Gasteiger charge is 2.30. The number of para-hydroxylation sites is 2. The Morgan fingerprint density at radius 3 is 2.13 bits per heavy atom. The molecule has 1 saturated heterocycles. The number of carbonyl (C=O) groups excluding carboxylic acids is 1. The third-order valence-corrected chi connectivity index (χ3v) is 5.78. The highest BCUT2D eigenvalue weighted by Crippen LogP contribution is 2.27. The summed E-state index contributed by atoms with van der Waals surface area (Å²) in [7, 11) is 0. The summed E-state index contributed by atoms with van der Waals surface area (Å²) in [6, 6.07) is 26.1. The van der Waals surface area contributed by atoms with Crippen molar-refractivity contribution in [1.82, 2.24) is 4.90 Å². The first-order chi connectivity index (χ1) is 15.1. The number of hydrogen-bond acceptors (Lipinski definition) is 4. The molecule has 6 heteroatoms. The van der Waals surface area contributed by atoms with Crippen LogP contribution in [0.5, 0.6) is 0 Å². The van der Waals surface area contributed by atoms with Crippen molar-refractivity contribution in [2.45, 2.75) is 25.4 Å². The molecule has 31 heavy (non-hydrogen) atoms. The maximum atomic E-state index is 13.4. The molecule has 1 aliphatic heterocycles. The molecule has 3 aromatic carbocycles. The summed E-state index contributed by atoms with van der Waals surface area (Å²) in [5.74, 6) is 0.00365. The summed E-state index contributed by atoms with van der Waals surface area (Å²) in [6.45, 7) is 2.10. The zero-order valence-corrected chi connectivity index (χ0v) is 17.3. The van der Waals surface area contributed by atoms with E-state index in [4.69, 9.17) is 0 Å². The molecule has 1 aliphatic rings.